The maximum absolute atomic E-state index is 13.7. The summed E-state index contributed by atoms with van der Waals surface area (Å²) in [5, 5.41) is 5.14. The third-order valence-electron chi connectivity index (χ3n) is 6.21. The molecule has 3 aromatic heterocycles. The molecule has 0 aliphatic carbocycles. The number of fused-ring (bicyclic) bond motifs is 2. The third-order valence-corrected chi connectivity index (χ3v) is 6.21. The summed E-state index contributed by atoms with van der Waals surface area (Å²) in [6.45, 7) is 0.190. The molecule has 188 valence electrons. The number of rotatable bonds is 6. The van der Waals surface area contributed by atoms with Gasteiger partial charge in [-0.2, -0.15) is 14.8 Å². The Morgan fingerprint density at radius 2 is 1.68 bits per heavy atom. The fourth-order valence-corrected chi connectivity index (χ4v) is 4.32. The Bertz CT molecular complexity index is 1860. The van der Waals surface area contributed by atoms with E-state index in [4.69, 9.17) is 9.47 Å². The highest BCUT2D eigenvalue weighted by molar-refractivity contribution is 5.89. The summed E-state index contributed by atoms with van der Waals surface area (Å²) in [6.07, 6.45) is 5.26. The first-order valence-corrected chi connectivity index (χ1v) is 11.4. The number of hydrogen-bond donors (Lipinski definition) is 0. The van der Waals surface area contributed by atoms with E-state index >= 15 is 0 Å². The van der Waals surface area contributed by atoms with Crippen LogP contribution in [0.1, 0.15) is 5.56 Å². The molecule has 2 aromatic carbocycles. The average Bonchev–Trinajstić information content (AvgIpc) is 3.30. The summed E-state index contributed by atoms with van der Waals surface area (Å²) in [7, 11) is 5.86. The number of aromatic nitrogens is 6. The Morgan fingerprint density at radius 1 is 0.919 bits per heavy atom. The molecule has 0 unspecified atom stereocenters. The maximum Gasteiger partial charge on any atom is 0.332 e. The lowest BCUT2D eigenvalue weighted by molar-refractivity contribution is 0.358. The number of benzene rings is 2. The lowest BCUT2D eigenvalue weighted by Crippen LogP contribution is -2.37. The SMILES string of the molecule is COc1ccc2cnn(-c3nc4c(c(=O)n(C)c(=O)n4C)n3CC=Cc3ccccc3)c(=O)c2c1OC. The van der Waals surface area contributed by atoms with E-state index in [0.29, 0.717) is 11.1 Å². The molecule has 0 aliphatic rings. The number of hydrogen-bond acceptors (Lipinski definition) is 7. The molecule has 37 heavy (non-hydrogen) atoms. The number of nitrogens with zero attached hydrogens (tertiary/aromatic N) is 6. The van der Waals surface area contributed by atoms with Gasteiger partial charge in [0.15, 0.2) is 22.7 Å². The summed E-state index contributed by atoms with van der Waals surface area (Å²) in [5.41, 5.74) is -0.298. The lowest BCUT2D eigenvalue weighted by atomic mass is 10.1. The molecule has 5 aromatic rings. The van der Waals surface area contributed by atoms with Crippen LogP contribution in [-0.4, -0.2) is 42.7 Å². The molecule has 0 radical (unpaired) electrons. The number of imidazole rings is 1. The summed E-state index contributed by atoms with van der Waals surface area (Å²) < 4.78 is 15.8. The van der Waals surface area contributed by atoms with Gasteiger partial charge >= 0.3 is 5.69 Å². The van der Waals surface area contributed by atoms with E-state index in [0.717, 1.165) is 14.8 Å². The monoisotopic (exact) mass is 500 g/mol. The van der Waals surface area contributed by atoms with E-state index in [-0.39, 0.29) is 34.8 Å². The number of allylic oxidation sites excluding steroid dienone is 1. The largest absolute Gasteiger partial charge is 0.493 e. The first kappa shape index (κ1) is 23.8. The van der Waals surface area contributed by atoms with Crippen molar-refractivity contribution in [1.82, 2.24) is 28.5 Å². The van der Waals surface area contributed by atoms with Gasteiger partial charge in [0.25, 0.3) is 11.1 Å². The van der Waals surface area contributed by atoms with E-state index in [1.54, 1.807) is 16.7 Å². The minimum atomic E-state index is -0.530. The van der Waals surface area contributed by atoms with Crippen LogP contribution in [0.2, 0.25) is 0 Å². The van der Waals surface area contributed by atoms with E-state index in [1.807, 2.05) is 42.5 Å². The van der Waals surface area contributed by atoms with Gasteiger partial charge in [-0.3, -0.25) is 23.3 Å². The van der Waals surface area contributed by atoms with Gasteiger partial charge in [0.2, 0.25) is 5.95 Å². The Hall–Kier alpha value is -4.93. The topological polar surface area (TPSA) is 115 Å². The van der Waals surface area contributed by atoms with Crippen LogP contribution in [0.15, 0.2) is 69.1 Å². The van der Waals surface area contributed by atoms with Crippen LogP contribution in [0.4, 0.5) is 0 Å². The predicted octanol–water partition coefficient (Wildman–Crippen LogP) is 1.86. The van der Waals surface area contributed by atoms with Gasteiger partial charge in [-0.05, 0) is 17.7 Å². The molecule has 3 heterocycles. The van der Waals surface area contributed by atoms with Crippen LogP contribution in [0.5, 0.6) is 11.5 Å². The minimum absolute atomic E-state index is 0.0859. The Kier molecular flexibility index (Phi) is 5.96. The molecule has 11 heteroatoms. The van der Waals surface area contributed by atoms with E-state index in [9.17, 15) is 14.4 Å². The molecular weight excluding hydrogens is 476 g/mol. The molecule has 11 nitrogen and oxygen atoms in total. The van der Waals surface area contributed by atoms with E-state index < -0.39 is 16.8 Å². The molecule has 0 aliphatic heterocycles. The Balaban J connectivity index is 1.81. The zero-order valence-electron chi connectivity index (χ0n) is 20.7. The van der Waals surface area contributed by atoms with Crippen LogP contribution in [-0.2, 0) is 20.6 Å². The third kappa shape index (κ3) is 3.80. The summed E-state index contributed by atoms with van der Waals surface area (Å²) in [4.78, 5) is 44.1. The van der Waals surface area contributed by atoms with Gasteiger partial charge in [0.05, 0.1) is 25.8 Å². The second kappa shape index (κ2) is 9.26. The summed E-state index contributed by atoms with van der Waals surface area (Å²) >= 11 is 0. The fraction of sp³-hybridized carbons (Fsp3) is 0.192. The van der Waals surface area contributed by atoms with Crippen molar-refractivity contribution in [2.45, 2.75) is 6.54 Å². The Labute approximate surface area is 210 Å². The highest BCUT2D eigenvalue weighted by Gasteiger charge is 2.23. The highest BCUT2D eigenvalue weighted by Crippen LogP contribution is 2.33. The summed E-state index contributed by atoms with van der Waals surface area (Å²) in [5.74, 6) is 0.735. The lowest BCUT2D eigenvalue weighted by Gasteiger charge is -2.12. The first-order valence-electron chi connectivity index (χ1n) is 11.4. The van der Waals surface area contributed by atoms with Crippen LogP contribution in [0.3, 0.4) is 0 Å². The predicted molar refractivity (Wildman–Crippen MR) is 140 cm³/mol. The van der Waals surface area contributed by atoms with Gasteiger partial charge < -0.3 is 9.47 Å². The van der Waals surface area contributed by atoms with Gasteiger partial charge in [0.1, 0.15) is 0 Å². The molecule has 0 atom stereocenters. The normalized spacial score (nSPS) is 11.6. The number of ether oxygens (including phenoxy) is 2. The average molecular weight is 501 g/mol. The quantitative estimate of drug-likeness (QED) is 0.350. The smallest absolute Gasteiger partial charge is 0.332 e. The van der Waals surface area contributed by atoms with Crippen LogP contribution in [0.25, 0.3) is 34.0 Å². The molecule has 0 saturated heterocycles. The maximum atomic E-state index is 13.7. The molecule has 0 spiro atoms. The van der Waals surface area contributed by atoms with E-state index in [1.165, 1.54) is 39.1 Å². The molecule has 0 amide bonds. The number of aryl methyl sites for hydroxylation is 1. The van der Waals surface area contributed by atoms with Gasteiger partial charge in [-0.15, -0.1) is 0 Å². The van der Waals surface area contributed by atoms with Gasteiger partial charge in [0, 0.05) is 26.0 Å². The standard InChI is InChI=1S/C26H24N6O5/c1-29-22-20(24(34)30(2)26(29)35)31(14-8-11-16-9-6-5-7-10-16)25(28-22)32-23(33)19-17(15-27-32)12-13-18(36-3)21(19)37-4/h5-13,15H,14H2,1-4H3. The zero-order chi connectivity index (χ0) is 26.3. The fourth-order valence-electron chi connectivity index (χ4n) is 4.32. The molecule has 0 fully saturated rings. The van der Waals surface area contributed by atoms with Crippen molar-refractivity contribution < 1.29 is 9.47 Å². The summed E-state index contributed by atoms with van der Waals surface area (Å²) in [6, 6.07) is 13.1. The molecule has 5 rings (SSSR count). The highest BCUT2D eigenvalue weighted by atomic mass is 16.5. The minimum Gasteiger partial charge on any atom is -0.493 e. The second-order valence-electron chi connectivity index (χ2n) is 8.34. The van der Waals surface area contributed by atoms with Crippen LogP contribution >= 0.6 is 0 Å². The van der Waals surface area contributed by atoms with Gasteiger partial charge in [-0.1, -0.05) is 42.5 Å². The van der Waals surface area contributed by atoms with Crippen molar-refractivity contribution >= 4 is 28.0 Å². The molecule has 0 N–H and O–H groups in total. The van der Waals surface area contributed by atoms with Crippen molar-refractivity contribution in [3.8, 4) is 17.4 Å². The van der Waals surface area contributed by atoms with Gasteiger partial charge in [-0.25, -0.2) is 4.79 Å². The zero-order valence-corrected chi connectivity index (χ0v) is 20.7. The van der Waals surface area contributed by atoms with Crippen molar-refractivity contribution in [3.63, 3.8) is 0 Å². The Morgan fingerprint density at radius 3 is 2.38 bits per heavy atom. The van der Waals surface area contributed by atoms with Crippen LogP contribution in [0, 0.1) is 0 Å². The van der Waals surface area contributed by atoms with Crippen molar-refractivity contribution in [3.05, 3.63) is 91.5 Å². The van der Waals surface area contributed by atoms with Crippen molar-refractivity contribution in [2.24, 2.45) is 14.1 Å². The van der Waals surface area contributed by atoms with Crippen molar-refractivity contribution in [1.29, 1.82) is 0 Å². The molecular formula is C26H24N6O5. The first-order chi connectivity index (χ1) is 17.9. The van der Waals surface area contributed by atoms with Crippen molar-refractivity contribution in [2.75, 3.05) is 14.2 Å². The van der Waals surface area contributed by atoms with Crippen LogP contribution < -0.4 is 26.3 Å². The number of methoxy groups -OCH3 is 2. The molecule has 0 saturated carbocycles. The van der Waals surface area contributed by atoms with E-state index in [2.05, 4.69) is 10.1 Å². The molecule has 0 bridgehead atoms. The second-order valence-corrected chi connectivity index (χ2v) is 8.34.